The van der Waals surface area contributed by atoms with E-state index >= 15 is 0 Å². The summed E-state index contributed by atoms with van der Waals surface area (Å²) in [6.07, 6.45) is 2.22. The van der Waals surface area contributed by atoms with Gasteiger partial charge in [0.2, 0.25) is 0 Å². The van der Waals surface area contributed by atoms with Gasteiger partial charge in [-0.25, -0.2) is 9.78 Å². The van der Waals surface area contributed by atoms with Crippen LogP contribution >= 0.6 is 0 Å². The molecule has 4 N–H and O–H groups in total. The molecule has 0 aliphatic carbocycles. The number of aromatic nitrogens is 2. The number of hydrogen-bond acceptors (Lipinski definition) is 5. The van der Waals surface area contributed by atoms with Crippen molar-refractivity contribution in [1.29, 1.82) is 0 Å². The van der Waals surface area contributed by atoms with Crippen molar-refractivity contribution in [2.24, 2.45) is 11.5 Å². The Balaban J connectivity index is 2.70. The number of hydrogen-bond donors (Lipinski definition) is 2. The van der Waals surface area contributed by atoms with Crippen molar-refractivity contribution in [1.82, 2.24) is 9.55 Å². The van der Waals surface area contributed by atoms with Gasteiger partial charge in [-0.05, 0) is 20.8 Å². The molecule has 0 saturated heterocycles. The Morgan fingerprint density at radius 2 is 2.25 bits per heavy atom. The molecule has 16 heavy (non-hydrogen) atoms. The molecule has 0 aliphatic rings. The van der Waals surface area contributed by atoms with Crippen LogP contribution in [-0.2, 0) is 16.1 Å². The molecule has 0 fully saturated rings. The standard InChI is InChI=1S/C10H18N4O2/c1-10(2,3)16-9(15)8(12)14-5-7(4-11)13-6-14/h5-6,8H,4,11-12H2,1-3H3. The van der Waals surface area contributed by atoms with Gasteiger partial charge in [-0.3, -0.25) is 0 Å². The Hall–Kier alpha value is -1.40. The van der Waals surface area contributed by atoms with Gasteiger partial charge in [-0.1, -0.05) is 0 Å². The summed E-state index contributed by atoms with van der Waals surface area (Å²) in [5, 5.41) is 0. The highest BCUT2D eigenvalue weighted by molar-refractivity contribution is 5.73. The number of carbonyl (C=O) groups is 1. The van der Waals surface area contributed by atoms with Crippen molar-refractivity contribution in [3.8, 4) is 0 Å². The van der Waals surface area contributed by atoms with E-state index in [1.165, 1.54) is 10.9 Å². The monoisotopic (exact) mass is 226 g/mol. The van der Waals surface area contributed by atoms with Gasteiger partial charge in [-0.2, -0.15) is 0 Å². The Bertz CT molecular complexity index is 367. The SMILES string of the molecule is CC(C)(C)OC(=O)C(N)n1cnc(CN)c1. The Morgan fingerprint density at radius 3 is 2.69 bits per heavy atom. The number of nitrogens with zero attached hydrogens (tertiary/aromatic N) is 2. The number of ether oxygens (including phenoxy) is 1. The second-order valence-corrected chi connectivity index (χ2v) is 4.49. The molecule has 6 nitrogen and oxygen atoms in total. The van der Waals surface area contributed by atoms with Crippen LogP contribution in [0.15, 0.2) is 12.5 Å². The Kier molecular flexibility index (Phi) is 3.66. The fourth-order valence-electron chi connectivity index (χ4n) is 1.12. The predicted molar refractivity (Wildman–Crippen MR) is 59.2 cm³/mol. The molecule has 1 heterocycles. The molecule has 0 saturated carbocycles. The van der Waals surface area contributed by atoms with E-state index in [9.17, 15) is 4.79 Å². The first-order valence-electron chi connectivity index (χ1n) is 5.04. The van der Waals surface area contributed by atoms with Gasteiger partial charge in [0, 0.05) is 12.7 Å². The van der Waals surface area contributed by atoms with Crippen molar-refractivity contribution in [2.75, 3.05) is 0 Å². The lowest BCUT2D eigenvalue weighted by atomic mass is 10.2. The zero-order valence-corrected chi connectivity index (χ0v) is 9.80. The van der Waals surface area contributed by atoms with Gasteiger partial charge in [-0.15, -0.1) is 0 Å². The molecule has 1 aromatic rings. The maximum absolute atomic E-state index is 11.6. The Labute approximate surface area is 94.6 Å². The van der Waals surface area contributed by atoms with E-state index < -0.39 is 17.7 Å². The summed E-state index contributed by atoms with van der Waals surface area (Å²) >= 11 is 0. The van der Waals surface area contributed by atoms with Gasteiger partial charge in [0.25, 0.3) is 0 Å². The summed E-state index contributed by atoms with van der Waals surface area (Å²) in [6, 6.07) is 0. The second-order valence-electron chi connectivity index (χ2n) is 4.49. The van der Waals surface area contributed by atoms with Crippen LogP contribution in [0.2, 0.25) is 0 Å². The first kappa shape index (κ1) is 12.7. The molecular formula is C10H18N4O2. The number of esters is 1. The lowest BCUT2D eigenvalue weighted by Crippen LogP contribution is -2.34. The van der Waals surface area contributed by atoms with Crippen molar-refractivity contribution < 1.29 is 9.53 Å². The zero-order chi connectivity index (χ0) is 12.3. The highest BCUT2D eigenvalue weighted by Gasteiger charge is 2.23. The van der Waals surface area contributed by atoms with Gasteiger partial charge in [0.05, 0.1) is 12.0 Å². The predicted octanol–water partition coefficient (Wildman–Crippen LogP) is 0.141. The summed E-state index contributed by atoms with van der Waals surface area (Å²) in [7, 11) is 0. The lowest BCUT2D eigenvalue weighted by Gasteiger charge is -2.22. The molecule has 0 aromatic carbocycles. The molecule has 0 spiro atoms. The van der Waals surface area contributed by atoms with Crippen LogP contribution in [0.5, 0.6) is 0 Å². The third kappa shape index (κ3) is 3.32. The van der Waals surface area contributed by atoms with Crippen LogP contribution < -0.4 is 11.5 Å². The van der Waals surface area contributed by atoms with Crippen LogP contribution in [-0.4, -0.2) is 21.1 Å². The van der Waals surface area contributed by atoms with E-state index in [0.717, 1.165) is 0 Å². The van der Waals surface area contributed by atoms with Crippen LogP contribution in [0, 0.1) is 0 Å². The van der Waals surface area contributed by atoms with E-state index in [1.807, 2.05) is 0 Å². The molecule has 6 heteroatoms. The molecule has 0 aliphatic heterocycles. The maximum atomic E-state index is 11.6. The Morgan fingerprint density at radius 1 is 1.62 bits per heavy atom. The first-order chi connectivity index (χ1) is 7.33. The van der Waals surface area contributed by atoms with Gasteiger partial charge in [0.1, 0.15) is 5.60 Å². The minimum absolute atomic E-state index is 0.314. The molecule has 1 unspecified atom stereocenters. The summed E-state index contributed by atoms with van der Waals surface area (Å²) in [5.74, 6) is -0.492. The molecule has 0 bridgehead atoms. The molecule has 0 amide bonds. The van der Waals surface area contributed by atoms with Crippen molar-refractivity contribution >= 4 is 5.97 Å². The second kappa shape index (κ2) is 4.63. The number of nitrogens with two attached hydrogens (primary N) is 2. The molecule has 1 aromatic heterocycles. The largest absolute Gasteiger partial charge is 0.457 e. The maximum Gasteiger partial charge on any atom is 0.344 e. The number of carbonyl (C=O) groups excluding carboxylic acids is 1. The molecule has 90 valence electrons. The van der Waals surface area contributed by atoms with E-state index in [2.05, 4.69) is 4.98 Å². The zero-order valence-electron chi connectivity index (χ0n) is 9.80. The average Bonchev–Trinajstić information content (AvgIpc) is 2.61. The van der Waals surface area contributed by atoms with E-state index in [-0.39, 0.29) is 0 Å². The first-order valence-corrected chi connectivity index (χ1v) is 5.04. The van der Waals surface area contributed by atoms with Crippen molar-refractivity contribution in [2.45, 2.75) is 39.1 Å². The van der Waals surface area contributed by atoms with E-state index in [0.29, 0.717) is 12.2 Å². The fourth-order valence-corrected chi connectivity index (χ4v) is 1.12. The smallest absolute Gasteiger partial charge is 0.344 e. The summed E-state index contributed by atoms with van der Waals surface area (Å²) in [5.41, 5.74) is 11.3. The third-order valence-corrected chi connectivity index (χ3v) is 1.83. The quantitative estimate of drug-likeness (QED) is 0.715. The minimum atomic E-state index is -0.882. The van der Waals surface area contributed by atoms with Crippen LogP contribution in [0.25, 0.3) is 0 Å². The van der Waals surface area contributed by atoms with Crippen LogP contribution in [0.4, 0.5) is 0 Å². The number of rotatable bonds is 3. The summed E-state index contributed by atoms with van der Waals surface area (Å²) in [4.78, 5) is 15.6. The minimum Gasteiger partial charge on any atom is -0.457 e. The average molecular weight is 226 g/mol. The molecular weight excluding hydrogens is 208 g/mol. The fraction of sp³-hybridized carbons (Fsp3) is 0.600. The lowest BCUT2D eigenvalue weighted by molar-refractivity contribution is -0.158. The highest BCUT2D eigenvalue weighted by Crippen LogP contribution is 2.12. The number of imidazole rings is 1. The molecule has 1 rings (SSSR count). The van der Waals surface area contributed by atoms with E-state index in [4.69, 9.17) is 16.2 Å². The van der Waals surface area contributed by atoms with Gasteiger partial charge in [0.15, 0.2) is 6.17 Å². The van der Waals surface area contributed by atoms with E-state index in [1.54, 1.807) is 27.0 Å². The van der Waals surface area contributed by atoms with Crippen molar-refractivity contribution in [3.05, 3.63) is 18.2 Å². The summed E-state index contributed by atoms with van der Waals surface area (Å²) < 4.78 is 6.64. The van der Waals surface area contributed by atoms with Crippen molar-refractivity contribution in [3.63, 3.8) is 0 Å². The molecule has 0 radical (unpaired) electrons. The normalized spacial score (nSPS) is 13.6. The molecule has 1 atom stereocenters. The highest BCUT2D eigenvalue weighted by atomic mass is 16.6. The van der Waals surface area contributed by atoms with Crippen LogP contribution in [0.1, 0.15) is 32.6 Å². The van der Waals surface area contributed by atoms with Gasteiger partial charge >= 0.3 is 5.97 Å². The topological polar surface area (TPSA) is 96.2 Å². The van der Waals surface area contributed by atoms with Crippen LogP contribution in [0.3, 0.4) is 0 Å². The third-order valence-electron chi connectivity index (χ3n) is 1.83. The summed E-state index contributed by atoms with van der Waals surface area (Å²) in [6.45, 7) is 5.68. The van der Waals surface area contributed by atoms with Gasteiger partial charge < -0.3 is 20.8 Å².